The fraction of sp³-hybridized carbons (Fsp3) is 0.217. The first kappa shape index (κ1) is 22.7. The van der Waals surface area contributed by atoms with E-state index < -0.39 is 11.7 Å². The predicted octanol–water partition coefficient (Wildman–Crippen LogP) is 4.34. The number of ether oxygens (including phenoxy) is 2. The molecule has 158 valence electrons. The van der Waals surface area contributed by atoms with Crippen LogP contribution < -0.4 is 20.1 Å². The maximum absolute atomic E-state index is 13.8. The van der Waals surface area contributed by atoms with Gasteiger partial charge in [0.15, 0.2) is 0 Å². The molecule has 0 spiro atoms. The van der Waals surface area contributed by atoms with Gasteiger partial charge in [-0.15, -0.1) is 0 Å². The zero-order valence-electron chi connectivity index (χ0n) is 17.4. The number of carbonyl (C=O) groups excluding carboxylic acids is 2. The van der Waals surface area contributed by atoms with Gasteiger partial charge < -0.3 is 20.1 Å². The van der Waals surface area contributed by atoms with Gasteiger partial charge in [-0.3, -0.25) is 9.59 Å². The summed E-state index contributed by atoms with van der Waals surface area (Å²) < 4.78 is 25.4. The molecule has 30 heavy (non-hydrogen) atoms. The Morgan fingerprint density at radius 1 is 1.07 bits per heavy atom. The van der Waals surface area contributed by atoms with E-state index in [-0.39, 0.29) is 22.6 Å². The van der Waals surface area contributed by atoms with Crippen LogP contribution in [0, 0.1) is 5.82 Å². The van der Waals surface area contributed by atoms with Crippen molar-refractivity contribution in [1.29, 1.82) is 0 Å². The number of hydrogen-bond donors (Lipinski definition) is 2. The Labute approximate surface area is 175 Å². The Morgan fingerprint density at radius 3 is 2.33 bits per heavy atom. The number of carbonyl (C=O) groups is 2. The van der Waals surface area contributed by atoms with Crippen LogP contribution in [-0.2, 0) is 4.79 Å². The largest absolute Gasteiger partial charge is 0.488 e. The first-order valence-corrected chi connectivity index (χ1v) is 9.29. The van der Waals surface area contributed by atoms with Crippen LogP contribution in [0.15, 0.2) is 66.5 Å². The molecule has 1 amide bonds. The smallest absolute Gasteiger partial charge is 0.259 e. The van der Waals surface area contributed by atoms with Crippen molar-refractivity contribution in [3.05, 3.63) is 77.9 Å². The molecule has 2 aromatic rings. The third kappa shape index (κ3) is 7.09. The molecule has 0 aliphatic rings. The van der Waals surface area contributed by atoms with Gasteiger partial charge >= 0.3 is 0 Å². The standard InChI is InChI=1S/C23H25FN2O4/c1-23(2,3)30-19-8-6-18(7-9-19)29-21-10-5-16(24)15-20(21)22(28)26-17(12-14-27)11-13-25-4/h5-15,25H,1-4H3,(H,26,28)/b13-11-,17-12+. The highest BCUT2D eigenvalue weighted by Crippen LogP contribution is 2.28. The van der Waals surface area contributed by atoms with E-state index in [2.05, 4.69) is 10.6 Å². The van der Waals surface area contributed by atoms with Crippen molar-refractivity contribution >= 4 is 12.2 Å². The monoisotopic (exact) mass is 412 g/mol. The number of aldehydes is 1. The number of hydrogen-bond acceptors (Lipinski definition) is 5. The quantitative estimate of drug-likeness (QED) is 0.383. The molecule has 0 heterocycles. The molecule has 7 heteroatoms. The Bertz CT molecular complexity index is 945. The van der Waals surface area contributed by atoms with Gasteiger partial charge in [0.25, 0.3) is 5.91 Å². The third-order valence-corrected chi connectivity index (χ3v) is 3.60. The second kappa shape index (κ2) is 10.2. The van der Waals surface area contributed by atoms with Crippen LogP contribution in [0.2, 0.25) is 0 Å². The summed E-state index contributed by atoms with van der Waals surface area (Å²) in [5.74, 6) is 0.0862. The minimum absolute atomic E-state index is 0.0142. The summed E-state index contributed by atoms with van der Waals surface area (Å²) in [5, 5.41) is 5.31. The molecule has 0 fully saturated rings. The van der Waals surface area contributed by atoms with Crippen LogP contribution in [0.4, 0.5) is 4.39 Å². The number of nitrogens with one attached hydrogen (secondary N) is 2. The molecule has 0 atom stereocenters. The van der Waals surface area contributed by atoms with Gasteiger partial charge in [0.2, 0.25) is 0 Å². The van der Waals surface area contributed by atoms with E-state index in [1.807, 2.05) is 20.8 Å². The van der Waals surface area contributed by atoms with E-state index in [1.54, 1.807) is 37.5 Å². The molecule has 0 aliphatic heterocycles. The molecule has 0 unspecified atom stereocenters. The molecule has 0 aliphatic carbocycles. The van der Waals surface area contributed by atoms with Crippen LogP contribution in [0.1, 0.15) is 31.1 Å². The zero-order chi connectivity index (χ0) is 22.1. The third-order valence-electron chi connectivity index (χ3n) is 3.60. The second-order valence-electron chi connectivity index (χ2n) is 7.26. The van der Waals surface area contributed by atoms with Crippen LogP contribution in [0.3, 0.4) is 0 Å². The fourth-order valence-corrected chi connectivity index (χ4v) is 2.41. The van der Waals surface area contributed by atoms with Gasteiger partial charge in [-0.05, 0) is 75.5 Å². The maximum atomic E-state index is 13.8. The summed E-state index contributed by atoms with van der Waals surface area (Å²) in [5.41, 5.74) is -0.109. The lowest BCUT2D eigenvalue weighted by molar-refractivity contribution is -0.104. The normalized spacial score (nSPS) is 11.8. The lowest BCUT2D eigenvalue weighted by Gasteiger charge is -2.21. The van der Waals surface area contributed by atoms with E-state index in [4.69, 9.17) is 9.47 Å². The number of allylic oxidation sites excluding steroid dienone is 2. The van der Waals surface area contributed by atoms with Crippen LogP contribution in [0.5, 0.6) is 17.2 Å². The minimum Gasteiger partial charge on any atom is -0.488 e. The van der Waals surface area contributed by atoms with Crippen molar-refractivity contribution in [3.8, 4) is 17.2 Å². The lowest BCUT2D eigenvalue weighted by atomic mass is 10.1. The van der Waals surface area contributed by atoms with E-state index in [1.165, 1.54) is 24.3 Å². The fourth-order valence-electron chi connectivity index (χ4n) is 2.41. The van der Waals surface area contributed by atoms with E-state index in [9.17, 15) is 14.0 Å². The lowest BCUT2D eigenvalue weighted by Crippen LogP contribution is -2.23. The van der Waals surface area contributed by atoms with Gasteiger partial charge in [-0.2, -0.15) is 0 Å². The Kier molecular flexibility index (Phi) is 7.75. The molecular weight excluding hydrogens is 387 g/mol. The molecular formula is C23H25FN2O4. The average molecular weight is 412 g/mol. The first-order valence-electron chi connectivity index (χ1n) is 9.29. The van der Waals surface area contributed by atoms with Crippen molar-refractivity contribution < 1.29 is 23.5 Å². The van der Waals surface area contributed by atoms with E-state index >= 15 is 0 Å². The molecule has 0 saturated carbocycles. The highest BCUT2D eigenvalue weighted by Gasteiger charge is 2.16. The summed E-state index contributed by atoms with van der Waals surface area (Å²) >= 11 is 0. The molecule has 2 aromatic carbocycles. The minimum atomic E-state index is -0.619. The Hall–Kier alpha value is -3.61. The van der Waals surface area contributed by atoms with Gasteiger partial charge in [-0.25, -0.2) is 4.39 Å². The topological polar surface area (TPSA) is 76.7 Å². The van der Waals surface area contributed by atoms with Crippen LogP contribution in [0.25, 0.3) is 0 Å². The first-order chi connectivity index (χ1) is 14.2. The zero-order valence-corrected chi connectivity index (χ0v) is 17.4. The summed E-state index contributed by atoms with van der Waals surface area (Å²) in [6.45, 7) is 5.83. The van der Waals surface area contributed by atoms with Crippen molar-refractivity contribution in [3.63, 3.8) is 0 Å². The Balaban J connectivity index is 2.24. The highest BCUT2D eigenvalue weighted by atomic mass is 19.1. The molecule has 2 N–H and O–H groups in total. The average Bonchev–Trinajstić information content (AvgIpc) is 2.68. The molecule has 0 bridgehead atoms. The van der Waals surface area contributed by atoms with Crippen molar-refractivity contribution in [2.24, 2.45) is 0 Å². The number of amides is 1. The molecule has 6 nitrogen and oxygen atoms in total. The van der Waals surface area contributed by atoms with E-state index in [0.717, 1.165) is 6.07 Å². The summed E-state index contributed by atoms with van der Waals surface area (Å²) in [6.07, 6.45) is 4.76. The summed E-state index contributed by atoms with van der Waals surface area (Å²) in [7, 11) is 1.67. The SMILES string of the molecule is CN/C=C\C(=C/C=O)NC(=O)c1cc(F)ccc1Oc1ccc(OC(C)(C)C)cc1. The van der Waals surface area contributed by atoms with Crippen molar-refractivity contribution in [2.45, 2.75) is 26.4 Å². The number of rotatable bonds is 8. The molecule has 0 aromatic heterocycles. The highest BCUT2D eigenvalue weighted by molar-refractivity contribution is 5.98. The number of halogens is 1. The van der Waals surface area contributed by atoms with Crippen LogP contribution in [-0.4, -0.2) is 24.8 Å². The number of benzene rings is 2. The molecule has 0 radical (unpaired) electrons. The van der Waals surface area contributed by atoms with Gasteiger partial charge in [0.1, 0.15) is 35.0 Å². The molecule has 2 rings (SSSR count). The van der Waals surface area contributed by atoms with Crippen molar-refractivity contribution in [2.75, 3.05) is 7.05 Å². The van der Waals surface area contributed by atoms with Crippen molar-refractivity contribution in [1.82, 2.24) is 10.6 Å². The van der Waals surface area contributed by atoms with Gasteiger partial charge in [0.05, 0.1) is 5.56 Å². The predicted molar refractivity (Wildman–Crippen MR) is 113 cm³/mol. The Morgan fingerprint density at radius 2 is 1.73 bits per heavy atom. The molecule has 0 saturated heterocycles. The maximum Gasteiger partial charge on any atom is 0.259 e. The summed E-state index contributed by atoms with van der Waals surface area (Å²) in [4.78, 5) is 23.5. The van der Waals surface area contributed by atoms with Gasteiger partial charge in [0, 0.05) is 18.8 Å². The van der Waals surface area contributed by atoms with Crippen LogP contribution >= 0.6 is 0 Å². The summed E-state index contributed by atoms with van der Waals surface area (Å²) in [6, 6.07) is 10.5. The second-order valence-corrected chi connectivity index (χ2v) is 7.26. The van der Waals surface area contributed by atoms with E-state index in [0.29, 0.717) is 17.8 Å². The van der Waals surface area contributed by atoms with Gasteiger partial charge in [-0.1, -0.05) is 0 Å².